The first-order chi connectivity index (χ1) is 13.6. The van der Waals surface area contributed by atoms with Gasteiger partial charge in [0.15, 0.2) is 6.10 Å². The van der Waals surface area contributed by atoms with Crippen LogP contribution < -0.4 is 10.5 Å². The number of nitrogens with zero attached hydrogens (tertiary/aromatic N) is 1. The molecule has 0 saturated carbocycles. The number of nitrogens with two attached hydrogens (primary N) is 1. The van der Waals surface area contributed by atoms with Gasteiger partial charge in [0.05, 0.1) is 0 Å². The number of hydrogen-bond acceptors (Lipinski definition) is 6. The highest BCUT2D eigenvalue weighted by Crippen LogP contribution is 2.26. The average molecular weight is 402 g/mol. The van der Waals surface area contributed by atoms with Gasteiger partial charge in [-0.2, -0.15) is 0 Å². The molecular weight excluding hydrogens is 372 g/mol. The topological polar surface area (TPSA) is 101 Å². The minimum Gasteiger partial charge on any atom is -0.482 e. The van der Waals surface area contributed by atoms with E-state index < -0.39 is 23.9 Å². The van der Waals surface area contributed by atoms with E-state index in [0.29, 0.717) is 6.42 Å². The molecule has 1 aromatic heterocycles. The first-order valence-corrected chi connectivity index (χ1v) is 9.42. The Kier molecular flexibility index (Phi) is 9.65. The molecule has 0 radical (unpaired) electrons. The molecule has 0 bridgehead atoms. The SMILES string of the molecule is CC(C)(C)OC(N)=O.CCC(=O)OC(C)C(Oc1ccccc1)c1cccnc1. The van der Waals surface area contributed by atoms with Gasteiger partial charge in [0.2, 0.25) is 0 Å². The predicted molar refractivity (Wildman–Crippen MR) is 110 cm³/mol. The van der Waals surface area contributed by atoms with Gasteiger partial charge in [-0.1, -0.05) is 31.2 Å². The van der Waals surface area contributed by atoms with E-state index in [9.17, 15) is 9.59 Å². The molecule has 0 spiro atoms. The number of ether oxygens (including phenoxy) is 3. The molecule has 0 aliphatic carbocycles. The number of primary amides is 1. The first kappa shape index (κ1) is 23.9. The largest absolute Gasteiger partial charge is 0.482 e. The zero-order valence-corrected chi connectivity index (χ0v) is 17.6. The average Bonchev–Trinajstić information content (AvgIpc) is 2.66. The summed E-state index contributed by atoms with van der Waals surface area (Å²) in [6, 6.07) is 13.2. The molecule has 0 aliphatic rings. The molecule has 7 nitrogen and oxygen atoms in total. The zero-order valence-electron chi connectivity index (χ0n) is 17.6. The van der Waals surface area contributed by atoms with Crippen LogP contribution in [0.15, 0.2) is 54.9 Å². The van der Waals surface area contributed by atoms with Gasteiger partial charge in [-0.15, -0.1) is 0 Å². The Morgan fingerprint density at radius 1 is 1.10 bits per heavy atom. The Hall–Kier alpha value is -3.09. The van der Waals surface area contributed by atoms with Crippen molar-refractivity contribution in [3.8, 4) is 5.75 Å². The van der Waals surface area contributed by atoms with Gasteiger partial charge in [0.25, 0.3) is 0 Å². The number of amides is 1. The molecule has 1 amide bonds. The molecule has 2 rings (SSSR count). The summed E-state index contributed by atoms with van der Waals surface area (Å²) < 4.78 is 16.0. The lowest BCUT2D eigenvalue weighted by Crippen LogP contribution is -2.27. The Balaban J connectivity index is 0.000000447. The number of hydrogen-bond donors (Lipinski definition) is 1. The molecule has 0 fully saturated rings. The second-order valence-corrected chi connectivity index (χ2v) is 7.22. The van der Waals surface area contributed by atoms with Crippen molar-refractivity contribution in [3.05, 3.63) is 60.4 Å². The van der Waals surface area contributed by atoms with Crippen molar-refractivity contribution in [3.63, 3.8) is 0 Å². The van der Waals surface area contributed by atoms with Crippen LogP contribution in [0.4, 0.5) is 4.79 Å². The Morgan fingerprint density at radius 2 is 1.76 bits per heavy atom. The van der Waals surface area contributed by atoms with Crippen molar-refractivity contribution in [2.75, 3.05) is 0 Å². The highest BCUT2D eigenvalue weighted by molar-refractivity contribution is 5.69. The molecule has 1 heterocycles. The Morgan fingerprint density at radius 3 is 2.21 bits per heavy atom. The number of aromatic nitrogens is 1. The van der Waals surface area contributed by atoms with E-state index in [2.05, 4.69) is 9.72 Å². The number of para-hydroxylation sites is 1. The van der Waals surface area contributed by atoms with Gasteiger partial charge in [0, 0.05) is 24.4 Å². The number of rotatable bonds is 6. The van der Waals surface area contributed by atoms with Gasteiger partial charge in [-0.05, 0) is 45.9 Å². The van der Waals surface area contributed by atoms with Crippen LogP contribution in [0.5, 0.6) is 5.75 Å². The maximum Gasteiger partial charge on any atom is 0.405 e. The fourth-order valence-corrected chi connectivity index (χ4v) is 2.28. The standard InChI is InChI=1S/C17H19NO3.C5H11NO2/c1-3-16(19)20-13(2)17(14-8-7-11-18-12-14)21-15-9-5-4-6-10-15;1-5(2,3)8-4(6)7/h4-13,17H,3H2,1-2H3;1-3H3,(H2,6,7). The number of benzene rings is 1. The van der Waals surface area contributed by atoms with E-state index in [1.807, 2.05) is 49.4 Å². The van der Waals surface area contributed by atoms with Crippen molar-refractivity contribution in [1.29, 1.82) is 0 Å². The van der Waals surface area contributed by atoms with Crippen LogP contribution >= 0.6 is 0 Å². The smallest absolute Gasteiger partial charge is 0.405 e. The van der Waals surface area contributed by atoms with Crippen molar-refractivity contribution in [2.24, 2.45) is 5.73 Å². The summed E-state index contributed by atoms with van der Waals surface area (Å²) in [6.07, 6.45) is 2.25. The van der Waals surface area contributed by atoms with Crippen molar-refractivity contribution >= 4 is 12.1 Å². The summed E-state index contributed by atoms with van der Waals surface area (Å²) in [5.41, 5.74) is 5.14. The van der Waals surface area contributed by atoms with E-state index >= 15 is 0 Å². The Bertz CT molecular complexity index is 745. The van der Waals surface area contributed by atoms with E-state index in [0.717, 1.165) is 11.3 Å². The molecule has 0 saturated heterocycles. The minimum atomic E-state index is -0.725. The molecule has 2 aromatic rings. The van der Waals surface area contributed by atoms with E-state index in [-0.39, 0.29) is 5.97 Å². The van der Waals surface area contributed by atoms with E-state index in [1.54, 1.807) is 40.1 Å². The highest BCUT2D eigenvalue weighted by Gasteiger charge is 2.24. The molecule has 2 unspecified atom stereocenters. The maximum atomic E-state index is 11.5. The monoisotopic (exact) mass is 402 g/mol. The summed E-state index contributed by atoms with van der Waals surface area (Å²) in [5.74, 6) is 0.485. The summed E-state index contributed by atoms with van der Waals surface area (Å²) in [7, 11) is 0. The van der Waals surface area contributed by atoms with Crippen molar-refractivity contribution in [1.82, 2.24) is 4.98 Å². The lowest BCUT2D eigenvalue weighted by molar-refractivity contribution is -0.152. The number of carbonyl (C=O) groups is 2. The molecule has 7 heteroatoms. The van der Waals surface area contributed by atoms with Gasteiger partial charge in [-0.25, -0.2) is 4.79 Å². The van der Waals surface area contributed by atoms with Crippen LogP contribution in [0.25, 0.3) is 0 Å². The maximum absolute atomic E-state index is 11.5. The fourth-order valence-electron chi connectivity index (χ4n) is 2.28. The van der Waals surface area contributed by atoms with Gasteiger partial charge in [-0.3, -0.25) is 9.78 Å². The molecular formula is C22H30N2O5. The third-order valence-corrected chi connectivity index (χ3v) is 3.46. The normalized spacial score (nSPS) is 12.6. The van der Waals surface area contributed by atoms with Crippen LogP contribution in [0.2, 0.25) is 0 Å². The van der Waals surface area contributed by atoms with Crippen LogP contribution in [0.1, 0.15) is 52.7 Å². The fraction of sp³-hybridized carbons (Fsp3) is 0.409. The van der Waals surface area contributed by atoms with Gasteiger partial charge >= 0.3 is 12.1 Å². The van der Waals surface area contributed by atoms with Crippen molar-refractivity contribution < 1.29 is 23.8 Å². The van der Waals surface area contributed by atoms with Crippen LogP contribution in [0, 0.1) is 0 Å². The molecule has 2 N–H and O–H groups in total. The zero-order chi connectivity index (χ0) is 21.9. The summed E-state index contributed by atoms with van der Waals surface area (Å²) in [6.45, 7) is 8.88. The highest BCUT2D eigenvalue weighted by atomic mass is 16.6. The number of esters is 1. The third-order valence-electron chi connectivity index (χ3n) is 3.46. The lowest BCUT2D eigenvalue weighted by atomic mass is 10.1. The van der Waals surface area contributed by atoms with Crippen molar-refractivity contribution in [2.45, 2.75) is 58.8 Å². The molecule has 158 valence electrons. The summed E-state index contributed by atoms with van der Waals surface area (Å²) in [5, 5.41) is 0. The summed E-state index contributed by atoms with van der Waals surface area (Å²) >= 11 is 0. The lowest BCUT2D eigenvalue weighted by Gasteiger charge is -2.25. The van der Waals surface area contributed by atoms with E-state index in [4.69, 9.17) is 15.2 Å². The molecule has 29 heavy (non-hydrogen) atoms. The van der Waals surface area contributed by atoms with Crippen LogP contribution in [0.3, 0.4) is 0 Å². The van der Waals surface area contributed by atoms with Crippen LogP contribution in [-0.4, -0.2) is 28.8 Å². The molecule has 0 aliphatic heterocycles. The molecule has 2 atom stereocenters. The second-order valence-electron chi connectivity index (χ2n) is 7.22. The van der Waals surface area contributed by atoms with Gasteiger partial charge < -0.3 is 19.9 Å². The first-order valence-electron chi connectivity index (χ1n) is 9.42. The predicted octanol–water partition coefficient (Wildman–Crippen LogP) is 4.42. The number of carbonyl (C=O) groups excluding carboxylic acids is 2. The Labute approximate surface area is 172 Å². The second kappa shape index (κ2) is 11.7. The van der Waals surface area contributed by atoms with E-state index in [1.165, 1.54) is 0 Å². The third kappa shape index (κ3) is 10.1. The quantitative estimate of drug-likeness (QED) is 0.718. The molecule has 1 aromatic carbocycles. The minimum absolute atomic E-state index is 0.243. The number of pyridine rings is 1. The van der Waals surface area contributed by atoms with Gasteiger partial charge in [0.1, 0.15) is 17.5 Å². The van der Waals surface area contributed by atoms with Crippen LogP contribution in [-0.2, 0) is 14.3 Å². The summed E-state index contributed by atoms with van der Waals surface area (Å²) in [4.78, 5) is 25.6.